The first kappa shape index (κ1) is 10.8. The van der Waals surface area contributed by atoms with Crippen LogP contribution in [-0.2, 0) is 9.59 Å². The summed E-state index contributed by atoms with van der Waals surface area (Å²) in [5.74, 6) is 0.139. The Bertz CT molecular complexity index is 250. The summed E-state index contributed by atoms with van der Waals surface area (Å²) in [6.45, 7) is 1.97. The molecule has 1 saturated carbocycles. The lowest BCUT2D eigenvalue weighted by Gasteiger charge is -2.19. The Morgan fingerprint density at radius 3 is 1.79 bits per heavy atom. The molecular weight excluding hydrogens is 180 g/mol. The predicted octanol–water partition coefficient (Wildman–Crippen LogP) is 1.61. The van der Waals surface area contributed by atoms with E-state index in [9.17, 15) is 9.59 Å². The molecule has 0 aromatic carbocycles. The maximum absolute atomic E-state index is 10.2. The molecule has 1 aliphatic rings. The van der Waals surface area contributed by atoms with E-state index in [2.05, 4.69) is 9.98 Å². The van der Waals surface area contributed by atoms with Crippen LogP contribution in [0.3, 0.4) is 0 Å². The second-order valence-electron chi connectivity index (χ2n) is 3.72. The normalized spacial score (nSPS) is 32.2. The van der Waals surface area contributed by atoms with Crippen LogP contribution in [0.4, 0.5) is 0 Å². The van der Waals surface area contributed by atoms with Gasteiger partial charge < -0.3 is 0 Å². The van der Waals surface area contributed by atoms with Crippen LogP contribution < -0.4 is 0 Å². The van der Waals surface area contributed by atoms with Crippen LogP contribution in [0, 0.1) is 5.92 Å². The molecule has 0 saturated heterocycles. The molecule has 0 radical (unpaired) electrons. The fraction of sp³-hybridized carbons (Fsp3) is 0.800. The van der Waals surface area contributed by atoms with Crippen molar-refractivity contribution in [3.05, 3.63) is 0 Å². The van der Waals surface area contributed by atoms with Crippen molar-refractivity contribution in [1.29, 1.82) is 0 Å². The molecule has 2 unspecified atom stereocenters. The minimum Gasteiger partial charge on any atom is -0.211 e. The number of aliphatic imine (C=N–C) groups is 2. The zero-order valence-corrected chi connectivity index (χ0v) is 8.27. The molecule has 76 valence electrons. The molecule has 0 amide bonds. The third kappa shape index (κ3) is 2.63. The lowest BCUT2D eigenvalue weighted by atomic mass is 9.93. The van der Waals surface area contributed by atoms with Crippen LogP contribution >= 0.6 is 0 Å². The summed E-state index contributed by atoms with van der Waals surface area (Å²) in [6.07, 6.45) is 7.03. The topological polar surface area (TPSA) is 58.9 Å². The number of nitrogens with zero attached hydrogens (tertiary/aromatic N) is 2. The Labute approximate surface area is 83.1 Å². The SMILES string of the molecule is CC1C(N=C=O)CCCCC1N=C=O. The van der Waals surface area contributed by atoms with Crippen LogP contribution in [0.5, 0.6) is 0 Å². The minimum absolute atomic E-state index is 0.0305. The Balaban J connectivity index is 2.77. The van der Waals surface area contributed by atoms with Crippen LogP contribution in [0.15, 0.2) is 9.98 Å². The van der Waals surface area contributed by atoms with Gasteiger partial charge in [0.15, 0.2) is 0 Å². The van der Waals surface area contributed by atoms with Crippen molar-refractivity contribution in [2.24, 2.45) is 15.9 Å². The summed E-state index contributed by atoms with van der Waals surface area (Å²) < 4.78 is 0. The largest absolute Gasteiger partial charge is 0.235 e. The summed E-state index contributed by atoms with van der Waals surface area (Å²) in [4.78, 5) is 27.9. The highest BCUT2D eigenvalue weighted by Crippen LogP contribution is 2.27. The first-order chi connectivity index (χ1) is 6.79. The molecule has 1 aliphatic carbocycles. The molecule has 1 fully saturated rings. The second kappa shape index (κ2) is 5.48. The van der Waals surface area contributed by atoms with E-state index in [0.29, 0.717) is 0 Å². The van der Waals surface area contributed by atoms with Gasteiger partial charge in [0, 0.05) is 5.92 Å². The van der Waals surface area contributed by atoms with Crippen LogP contribution in [0.2, 0.25) is 0 Å². The van der Waals surface area contributed by atoms with Crippen LogP contribution in [0.1, 0.15) is 32.6 Å². The zero-order chi connectivity index (χ0) is 10.4. The third-order valence-electron chi connectivity index (χ3n) is 2.90. The van der Waals surface area contributed by atoms with Gasteiger partial charge in [-0.2, -0.15) is 0 Å². The van der Waals surface area contributed by atoms with E-state index in [0.717, 1.165) is 25.7 Å². The number of carbonyl (C=O) groups excluding carboxylic acids is 2. The monoisotopic (exact) mass is 194 g/mol. The van der Waals surface area contributed by atoms with E-state index >= 15 is 0 Å². The fourth-order valence-corrected chi connectivity index (χ4v) is 1.99. The molecule has 2 atom stereocenters. The van der Waals surface area contributed by atoms with Gasteiger partial charge in [-0.1, -0.05) is 19.8 Å². The lowest BCUT2D eigenvalue weighted by molar-refractivity contribution is 0.381. The van der Waals surface area contributed by atoms with Crippen molar-refractivity contribution in [3.8, 4) is 0 Å². The van der Waals surface area contributed by atoms with E-state index in [-0.39, 0.29) is 18.0 Å². The molecule has 4 heteroatoms. The summed E-state index contributed by atoms with van der Waals surface area (Å²) in [5, 5.41) is 0. The van der Waals surface area contributed by atoms with Crippen LogP contribution in [0.25, 0.3) is 0 Å². The Morgan fingerprint density at radius 1 is 1.00 bits per heavy atom. The van der Waals surface area contributed by atoms with Crippen LogP contribution in [-0.4, -0.2) is 24.2 Å². The van der Waals surface area contributed by atoms with E-state index in [1.165, 1.54) is 0 Å². The maximum atomic E-state index is 10.2. The van der Waals surface area contributed by atoms with E-state index < -0.39 is 0 Å². The van der Waals surface area contributed by atoms with Crippen molar-refractivity contribution in [1.82, 2.24) is 0 Å². The van der Waals surface area contributed by atoms with Crippen molar-refractivity contribution < 1.29 is 9.59 Å². The van der Waals surface area contributed by atoms with Gasteiger partial charge in [0.25, 0.3) is 0 Å². The first-order valence-electron chi connectivity index (χ1n) is 4.93. The third-order valence-corrected chi connectivity index (χ3v) is 2.90. The zero-order valence-electron chi connectivity index (χ0n) is 8.27. The Morgan fingerprint density at radius 2 is 1.43 bits per heavy atom. The van der Waals surface area contributed by atoms with Crippen molar-refractivity contribution in [3.63, 3.8) is 0 Å². The number of hydrogen-bond acceptors (Lipinski definition) is 4. The smallest absolute Gasteiger partial charge is 0.211 e. The second-order valence-corrected chi connectivity index (χ2v) is 3.72. The van der Waals surface area contributed by atoms with E-state index in [4.69, 9.17) is 0 Å². The molecule has 0 spiro atoms. The van der Waals surface area contributed by atoms with Gasteiger partial charge >= 0.3 is 0 Å². The van der Waals surface area contributed by atoms with Gasteiger partial charge in [-0.05, 0) is 12.8 Å². The molecule has 4 nitrogen and oxygen atoms in total. The van der Waals surface area contributed by atoms with Gasteiger partial charge in [-0.15, -0.1) is 0 Å². The van der Waals surface area contributed by atoms with Crippen molar-refractivity contribution in [2.45, 2.75) is 44.7 Å². The molecule has 14 heavy (non-hydrogen) atoms. The highest BCUT2D eigenvalue weighted by atomic mass is 16.1. The summed E-state index contributed by atoms with van der Waals surface area (Å²) in [5.41, 5.74) is 0. The molecule has 0 aromatic rings. The fourth-order valence-electron chi connectivity index (χ4n) is 1.99. The van der Waals surface area contributed by atoms with Gasteiger partial charge in [-0.25, -0.2) is 19.6 Å². The molecule has 0 heterocycles. The standard InChI is InChI=1S/C10H14N2O2/c1-8-9(11-6-13)4-2-3-5-10(8)12-7-14/h8-10H,2-5H2,1H3. The quantitative estimate of drug-likeness (QED) is 0.381. The van der Waals surface area contributed by atoms with E-state index in [1.54, 1.807) is 12.2 Å². The number of rotatable bonds is 2. The predicted molar refractivity (Wildman–Crippen MR) is 51.5 cm³/mol. The van der Waals surface area contributed by atoms with Crippen molar-refractivity contribution >= 4 is 12.2 Å². The first-order valence-corrected chi connectivity index (χ1v) is 4.93. The summed E-state index contributed by atoms with van der Waals surface area (Å²) in [7, 11) is 0. The molecule has 0 aliphatic heterocycles. The van der Waals surface area contributed by atoms with Gasteiger partial charge in [-0.3, -0.25) is 0 Å². The van der Waals surface area contributed by atoms with Gasteiger partial charge in [0.05, 0.1) is 12.1 Å². The molecule has 1 rings (SSSR count). The summed E-state index contributed by atoms with van der Waals surface area (Å²) >= 11 is 0. The summed E-state index contributed by atoms with van der Waals surface area (Å²) in [6, 6.07) is -0.0609. The molecule has 0 aromatic heterocycles. The van der Waals surface area contributed by atoms with Gasteiger partial charge in [0.1, 0.15) is 0 Å². The Hall–Kier alpha value is -1.24. The van der Waals surface area contributed by atoms with Gasteiger partial charge in [0.2, 0.25) is 12.2 Å². The molecule has 0 bridgehead atoms. The molecular formula is C10H14N2O2. The average Bonchev–Trinajstić information content (AvgIpc) is 2.34. The average molecular weight is 194 g/mol. The van der Waals surface area contributed by atoms with Crippen molar-refractivity contribution in [2.75, 3.05) is 0 Å². The minimum atomic E-state index is -0.0305. The number of isocyanates is 2. The highest BCUT2D eigenvalue weighted by Gasteiger charge is 2.27. The number of hydrogen-bond donors (Lipinski definition) is 0. The highest BCUT2D eigenvalue weighted by molar-refractivity contribution is 5.35. The maximum Gasteiger partial charge on any atom is 0.235 e. The lowest BCUT2D eigenvalue weighted by Crippen LogP contribution is -2.24. The Kier molecular flexibility index (Phi) is 4.24. The molecule has 0 N–H and O–H groups in total. The van der Waals surface area contributed by atoms with E-state index in [1.807, 2.05) is 6.92 Å².